The van der Waals surface area contributed by atoms with Crippen molar-refractivity contribution < 1.29 is 4.79 Å². The Bertz CT molecular complexity index is 805. The monoisotopic (exact) mass is 327 g/mol. The van der Waals surface area contributed by atoms with Crippen molar-refractivity contribution in [2.75, 3.05) is 0 Å². The zero-order chi connectivity index (χ0) is 16.4. The van der Waals surface area contributed by atoms with E-state index in [0.717, 1.165) is 16.9 Å². The fourth-order valence-electron chi connectivity index (χ4n) is 2.79. The third-order valence-electron chi connectivity index (χ3n) is 3.98. The van der Waals surface area contributed by atoms with Crippen LogP contribution in [0.2, 0.25) is 0 Å². The molecule has 0 unspecified atom stereocenters. The van der Waals surface area contributed by atoms with E-state index in [4.69, 9.17) is 0 Å². The minimum atomic E-state index is 0.0170. The maximum Gasteiger partial charge on any atom is 0.240 e. The number of carbonyl (C=O) groups excluding carboxylic acids is 1. The zero-order valence-corrected chi connectivity index (χ0v) is 14.4. The standard InChI is InChI=1S/C18H21N3OS/c1-12(2)18(16-9-6-10-23-16)20-17(22)11-21-13(3)19-14-7-4-5-8-15(14)21/h4-10,12,18H,11H2,1-3H3,(H,20,22)/t18-/m1/s1. The highest BCUT2D eigenvalue weighted by molar-refractivity contribution is 7.10. The highest BCUT2D eigenvalue weighted by Gasteiger charge is 2.20. The minimum absolute atomic E-state index is 0.0170. The summed E-state index contributed by atoms with van der Waals surface area (Å²) in [7, 11) is 0. The summed E-state index contributed by atoms with van der Waals surface area (Å²) in [5.41, 5.74) is 1.92. The molecule has 3 rings (SSSR count). The predicted octanol–water partition coefficient (Wildman–Crippen LogP) is 3.92. The van der Waals surface area contributed by atoms with E-state index < -0.39 is 0 Å². The second kappa shape index (κ2) is 6.54. The van der Waals surface area contributed by atoms with Crippen molar-refractivity contribution in [2.45, 2.75) is 33.4 Å². The number of aromatic nitrogens is 2. The Hall–Kier alpha value is -2.14. The first kappa shape index (κ1) is 15.7. The molecule has 23 heavy (non-hydrogen) atoms. The molecule has 0 radical (unpaired) electrons. The van der Waals surface area contributed by atoms with Crippen LogP contribution in [0.15, 0.2) is 41.8 Å². The van der Waals surface area contributed by atoms with E-state index >= 15 is 0 Å². The number of fused-ring (bicyclic) bond motifs is 1. The Morgan fingerprint density at radius 1 is 1.26 bits per heavy atom. The van der Waals surface area contributed by atoms with Gasteiger partial charge in [-0.2, -0.15) is 0 Å². The lowest BCUT2D eigenvalue weighted by Crippen LogP contribution is -2.34. The number of thiophene rings is 1. The van der Waals surface area contributed by atoms with Crippen LogP contribution in [0.1, 0.15) is 30.6 Å². The van der Waals surface area contributed by atoms with Crippen LogP contribution in [0, 0.1) is 12.8 Å². The molecule has 2 aromatic heterocycles. The van der Waals surface area contributed by atoms with Gasteiger partial charge in [-0.25, -0.2) is 4.98 Å². The number of amides is 1. The van der Waals surface area contributed by atoms with E-state index in [1.807, 2.05) is 47.2 Å². The van der Waals surface area contributed by atoms with Gasteiger partial charge in [0.15, 0.2) is 0 Å². The first-order valence-electron chi connectivity index (χ1n) is 7.81. The Labute approximate surface area is 140 Å². The quantitative estimate of drug-likeness (QED) is 0.772. The number of hydrogen-bond acceptors (Lipinski definition) is 3. The third kappa shape index (κ3) is 3.29. The number of carbonyl (C=O) groups is 1. The summed E-state index contributed by atoms with van der Waals surface area (Å²) in [4.78, 5) is 18.3. The molecule has 0 aliphatic heterocycles. The van der Waals surface area contributed by atoms with E-state index in [0.29, 0.717) is 12.5 Å². The molecule has 120 valence electrons. The molecule has 0 aliphatic carbocycles. The number of nitrogens with zero attached hydrogens (tertiary/aromatic N) is 2. The molecule has 0 bridgehead atoms. The number of rotatable bonds is 5. The molecule has 0 aliphatic rings. The molecular weight excluding hydrogens is 306 g/mol. The molecule has 1 amide bonds. The average molecular weight is 327 g/mol. The lowest BCUT2D eigenvalue weighted by atomic mass is 10.0. The first-order valence-corrected chi connectivity index (χ1v) is 8.69. The Morgan fingerprint density at radius 3 is 2.74 bits per heavy atom. The Kier molecular flexibility index (Phi) is 4.48. The smallest absolute Gasteiger partial charge is 0.240 e. The van der Waals surface area contributed by atoms with Crippen molar-refractivity contribution in [3.8, 4) is 0 Å². The van der Waals surface area contributed by atoms with Crippen molar-refractivity contribution in [3.63, 3.8) is 0 Å². The number of aryl methyl sites for hydroxylation is 1. The summed E-state index contributed by atoms with van der Waals surface area (Å²) in [6.45, 7) is 6.48. The second-order valence-electron chi connectivity index (χ2n) is 6.04. The van der Waals surface area contributed by atoms with Crippen molar-refractivity contribution >= 4 is 28.3 Å². The number of benzene rings is 1. The van der Waals surface area contributed by atoms with Gasteiger partial charge in [0, 0.05) is 4.88 Å². The van der Waals surface area contributed by atoms with Crippen LogP contribution in [0.4, 0.5) is 0 Å². The van der Waals surface area contributed by atoms with Crippen LogP contribution in [0.5, 0.6) is 0 Å². The summed E-state index contributed by atoms with van der Waals surface area (Å²) >= 11 is 1.68. The largest absolute Gasteiger partial charge is 0.347 e. The maximum absolute atomic E-state index is 12.6. The highest BCUT2D eigenvalue weighted by atomic mass is 32.1. The fourth-order valence-corrected chi connectivity index (χ4v) is 3.74. The molecule has 0 fully saturated rings. The van der Waals surface area contributed by atoms with Gasteiger partial charge in [-0.05, 0) is 36.4 Å². The van der Waals surface area contributed by atoms with Crippen LogP contribution < -0.4 is 5.32 Å². The third-order valence-corrected chi connectivity index (χ3v) is 4.94. The molecule has 0 spiro atoms. The molecule has 2 heterocycles. The van der Waals surface area contributed by atoms with Crippen LogP contribution in [0.3, 0.4) is 0 Å². The van der Waals surface area contributed by atoms with Gasteiger partial charge < -0.3 is 9.88 Å². The first-order chi connectivity index (χ1) is 11.1. The summed E-state index contributed by atoms with van der Waals surface area (Å²) in [6.07, 6.45) is 0. The molecular formula is C18H21N3OS. The topological polar surface area (TPSA) is 46.9 Å². The lowest BCUT2D eigenvalue weighted by molar-refractivity contribution is -0.122. The van der Waals surface area contributed by atoms with E-state index in [2.05, 4.69) is 30.2 Å². The molecule has 0 saturated carbocycles. The van der Waals surface area contributed by atoms with Gasteiger partial charge in [0.2, 0.25) is 5.91 Å². The summed E-state index contributed by atoms with van der Waals surface area (Å²) in [5, 5.41) is 5.22. The van der Waals surface area contributed by atoms with E-state index in [1.54, 1.807) is 11.3 Å². The normalized spacial score (nSPS) is 12.7. The van der Waals surface area contributed by atoms with Crippen molar-refractivity contribution in [1.82, 2.24) is 14.9 Å². The van der Waals surface area contributed by atoms with Gasteiger partial charge in [-0.15, -0.1) is 11.3 Å². The highest BCUT2D eigenvalue weighted by Crippen LogP contribution is 2.26. The van der Waals surface area contributed by atoms with Crippen molar-refractivity contribution in [3.05, 3.63) is 52.5 Å². The van der Waals surface area contributed by atoms with Crippen LogP contribution >= 0.6 is 11.3 Å². The van der Waals surface area contributed by atoms with Gasteiger partial charge in [0.1, 0.15) is 12.4 Å². The van der Waals surface area contributed by atoms with Gasteiger partial charge >= 0.3 is 0 Å². The minimum Gasteiger partial charge on any atom is -0.347 e. The lowest BCUT2D eigenvalue weighted by Gasteiger charge is -2.21. The van der Waals surface area contributed by atoms with Gasteiger partial charge in [-0.3, -0.25) is 4.79 Å². The summed E-state index contributed by atoms with van der Waals surface area (Å²) in [6, 6.07) is 12.1. The molecule has 1 N–H and O–H groups in total. The summed E-state index contributed by atoms with van der Waals surface area (Å²) in [5.74, 6) is 1.22. The summed E-state index contributed by atoms with van der Waals surface area (Å²) < 4.78 is 1.97. The van der Waals surface area contributed by atoms with Crippen molar-refractivity contribution in [1.29, 1.82) is 0 Å². The zero-order valence-electron chi connectivity index (χ0n) is 13.6. The van der Waals surface area contributed by atoms with E-state index in [9.17, 15) is 4.79 Å². The predicted molar refractivity (Wildman–Crippen MR) is 94.5 cm³/mol. The van der Waals surface area contributed by atoms with Gasteiger partial charge in [0.05, 0.1) is 17.1 Å². The Balaban J connectivity index is 1.79. The maximum atomic E-state index is 12.6. The Morgan fingerprint density at radius 2 is 2.04 bits per heavy atom. The van der Waals surface area contributed by atoms with Crippen LogP contribution in [0.25, 0.3) is 11.0 Å². The molecule has 3 aromatic rings. The average Bonchev–Trinajstić information content (AvgIpc) is 3.14. The van der Waals surface area contributed by atoms with Crippen molar-refractivity contribution in [2.24, 2.45) is 5.92 Å². The van der Waals surface area contributed by atoms with Gasteiger partial charge in [-0.1, -0.05) is 32.0 Å². The van der Waals surface area contributed by atoms with Crippen LogP contribution in [-0.2, 0) is 11.3 Å². The van der Waals surface area contributed by atoms with Crippen LogP contribution in [-0.4, -0.2) is 15.5 Å². The van der Waals surface area contributed by atoms with E-state index in [-0.39, 0.29) is 11.9 Å². The number of hydrogen-bond donors (Lipinski definition) is 1. The molecule has 1 atom stereocenters. The number of nitrogens with one attached hydrogen (secondary N) is 1. The SMILES string of the molecule is Cc1nc2ccccc2n1CC(=O)N[C@@H](c1cccs1)C(C)C. The van der Waals surface area contributed by atoms with Gasteiger partial charge in [0.25, 0.3) is 0 Å². The molecule has 0 saturated heterocycles. The molecule has 5 heteroatoms. The number of para-hydroxylation sites is 2. The molecule has 4 nitrogen and oxygen atoms in total. The second-order valence-corrected chi connectivity index (χ2v) is 7.02. The fraction of sp³-hybridized carbons (Fsp3) is 0.333. The molecule has 1 aromatic carbocycles. The number of imidazole rings is 1. The van der Waals surface area contributed by atoms with E-state index in [1.165, 1.54) is 4.88 Å².